The van der Waals surface area contributed by atoms with Crippen LogP contribution in [0.1, 0.15) is 47.0 Å². The molecule has 0 aromatic heterocycles. The average Bonchev–Trinajstić information content (AvgIpc) is 2.43. The summed E-state index contributed by atoms with van der Waals surface area (Å²) in [5, 5.41) is 3.14. The van der Waals surface area contributed by atoms with E-state index in [-0.39, 0.29) is 31.0 Å². The number of esters is 1. The Bertz CT molecular complexity index is 346. The largest absolute Gasteiger partial charge is 0.465 e. The van der Waals surface area contributed by atoms with Crippen molar-refractivity contribution in [3.63, 3.8) is 0 Å². The molecule has 0 saturated heterocycles. The molecule has 1 amide bonds. The maximum atomic E-state index is 12.2. The van der Waals surface area contributed by atoms with Crippen LogP contribution in [0.4, 0.5) is 0 Å². The first kappa shape index (κ1) is 18.0. The van der Waals surface area contributed by atoms with Crippen molar-refractivity contribution >= 4 is 11.9 Å². The molecule has 0 radical (unpaired) electrons. The van der Waals surface area contributed by atoms with Gasteiger partial charge >= 0.3 is 5.97 Å². The molecule has 3 atom stereocenters. The fraction of sp³-hybridized carbons (Fsp3) is 0.875. The van der Waals surface area contributed by atoms with Crippen LogP contribution in [0.3, 0.4) is 0 Å². The first-order valence-electron chi connectivity index (χ1n) is 8.15. The summed E-state index contributed by atoms with van der Waals surface area (Å²) in [5.74, 6) is 0.910. The van der Waals surface area contributed by atoms with Crippen LogP contribution >= 0.6 is 0 Å². The number of rotatable bonds is 7. The Morgan fingerprint density at radius 3 is 2.52 bits per heavy atom. The summed E-state index contributed by atoms with van der Waals surface area (Å²) in [7, 11) is 0. The SMILES string of the molecule is CCOC(=O)CN(CC)CC(=O)NC1CCCC(C)C1C. The number of ether oxygens (including phenoxy) is 1. The monoisotopic (exact) mass is 298 g/mol. The maximum Gasteiger partial charge on any atom is 0.320 e. The minimum Gasteiger partial charge on any atom is -0.465 e. The fourth-order valence-corrected chi connectivity index (χ4v) is 2.91. The Hall–Kier alpha value is -1.10. The van der Waals surface area contributed by atoms with Crippen LogP contribution in [-0.2, 0) is 14.3 Å². The molecule has 3 unspecified atom stereocenters. The molecule has 0 spiro atoms. The minimum atomic E-state index is -0.271. The molecule has 1 N–H and O–H groups in total. The molecule has 0 aromatic carbocycles. The molecule has 0 bridgehead atoms. The van der Waals surface area contributed by atoms with Gasteiger partial charge in [0.2, 0.25) is 5.91 Å². The number of hydrogen-bond acceptors (Lipinski definition) is 4. The summed E-state index contributed by atoms with van der Waals surface area (Å²) in [6, 6.07) is 0.266. The Labute approximate surface area is 128 Å². The average molecular weight is 298 g/mol. The zero-order valence-corrected chi connectivity index (χ0v) is 13.9. The van der Waals surface area contributed by atoms with Crippen molar-refractivity contribution in [1.29, 1.82) is 0 Å². The number of hydrogen-bond donors (Lipinski definition) is 1. The van der Waals surface area contributed by atoms with Gasteiger partial charge in [0.15, 0.2) is 0 Å². The predicted molar refractivity (Wildman–Crippen MR) is 82.9 cm³/mol. The first-order chi connectivity index (χ1) is 9.97. The van der Waals surface area contributed by atoms with Gasteiger partial charge < -0.3 is 10.1 Å². The van der Waals surface area contributed by atoms with E-state index < -0.39 is 0 Å². The topological polar surface area (TPSA) is 58.6 Å². The van der Waals surface area contributed by atoms with E-state index in [9.17, 15) is 9.59 Å². The molecule has 1 aliphatic carbocycles. The van der Waals surface area contributed by atoms with Crippen LogP contribution in [0, 0.1) is 11.8 Å². The third kappa shape index (κ3) is 6.04. The van der Waals surface area contributed by atoms with Crippen LogP contribution in [0.5, 0.6) is 0 Å². The zero-order valence-electron chi connectivity index (χ0n) is 13.9. The van der Waals surface area contributed by atoms with E-state index >= 15 is 0 Å². The summed E-state index contributed by atoms with van der Waals surface area (Å²) >= 11 is 0. The summed E-state index contributed by atoms with van der Waals surface area (Å²) in [6.07, 6.45) is 3.48. The molecule has 1 fully saturated rings. The number of carbonyl (C=O) groups excluding carboxylic acids is 2. The number of carbonyl (C=O) groups is 2. The lowest BCUT2D eigenvalue weighted by molar-refractivity contribution is -0.144. The number of nitrogens with zero attached hydrogens (tertiary/aromatic N) is 1. The van der Waals surface area contributed by atoms with E-state index in [2.05, 4.69) is 19.2 Å². The van der Waals surface area contributed by atoms with E-state index in [1.807, 2.05) is 11.8 Å². The molecule has 1 aliphatic rings. The van der Waals surface area contributed by atoms with E-state index in [1.165, 1.54) is 12.8 Å². The first-order valence-corrected chi connectivity index (χ1v) is 8.15. The molecular formula is C16H30N2O3. The van der Waals surface area contributed by atoms with Crippen molar-refractivity contribution in [2.24, 2.45) is 11.8 Å². The van der Waals surface area contributed by atoms with Crippen molar-refractivity contribution < 1.29 is 14.3 Å². The molecular weight excluding hydrogens is 268 g/mol. The highest BCUT2D eigenvalue weighted by molar-refractivity contribution is 5.79. The van der Waals surface area contributed by atoms with Crippen molar-refractivity contribution in [3.8, 4) is 0 Å². The Balaban J connectivity index is 2.41. The lowest BCUT2D eigenvalue weighted by atomic mass is 9.78. The molecule has 122 valence electrons. The normalized spacial score (nSPS) is 25.7. The van der Waals surface area contributed by atoms with Gasteiger partial charge in [0.25, 0.3) is 0 Å². The van der Waals surface area contributed by atoms with Gasteiger partial charge in [-0.15, -0.1) is 0 Å². The second kappa shape index (κ2) is 9.03. The van der Waals surface area contributed by atoms with Crippen LogP contribution in [0.15, 0.2) is 0 Å². The second-order valence-electron chi connectivity index (χ2n) is 6.05. The third-order valence-corrected chi connectivity index (χ3v) is 4.53. The molecule has 0 heterocycles. The van der Waals surface area contributed by atoms with Crippen molar-refractivity contribution in [2.75, 3.05) is 26.2 Å². The van der Waals surface area contributed by atoms with Gasteiger partial charge in [-0.25, -0.2) is 0 Å². The van der Waals surface area contributed by atoms with Crippen molar-refractivity contribution in [2.45, 2.75) is 53.0 Å². The zero-order chi connectivity index (χ0) is 15.8. The Kier molecular flexibility index (Phi) is 7.72. The van der Waals surface area contributed by atoms with Crippen LogP contribution in [-0.4, -0.2) is 49.1 Å². The number of nitrogens with one attached hydrogen (secondary N) is 1. The third-order valence-electron chi connectivity index (χ3n) is 4.53. The van der Waals surface area contributed by atoms with Crippen LogP contribution in [0.2, 0.25) is 0 Å². The van der Waals surface area contributed by atoms with Crippen LogP contribution in [0.25, 0.3) is 0 Å². The molecule has 1 rings (SSSR count). The van der Waals surface area contributed by atoms with Crippen molar-refractivity contribution in [1.82, 2.24) is 10.2 Å². The second-order valence-corrected chi connectivity index (χ2v) is 6.05. The number of amides is 1. The predicted octanol–water partition coefficient (Wildman–Crippen LogP) is 1.81. The highest BCUT2D eigenvalue weighted by Gasteiger charge is 2.28. The summed E-state index contributed by atoms with van der Waals surface area (Å²) < 4.78 is 4.92. The molecule has 0 aromatic rings. The highest BCUT2D eigenvalue weighted by atomic mass is 16.5. The van der Waals surface area contributed by atoms with Crippen molar-refractivity contribution in [3.05, 3.63) is 0 Å². The molecule has 1 saturated carbocycles. The van der Waals surface area contributed by atoms with Crippen LogP contribution < -0.4 is 5.32 Å². The molecule has 0 aliphatic heterocycles. The van der Waals surface area contributed by atoms with Gasteiger partial charge in [0.05, 0.1) is 19.7 Å². The smallest absolute Gasteiger partial charge is 0.320 e. The Morgan fingerprint density at radius 2 is 1.90 bits per heavy atom. The van der Waals surface area contributed by atoms with E-state index in [1.54, 1.807) is 6.92 Å². The van der Waals surface area contributed by atoms with E-state index in [0.717, 1.165) is 6.42 Å². The summed E-state index contributed by atoms with van der Waals surface area (Å²) in [6.45, 7) is 9.65. The minimum absolute atomic E-state index is 0.00657. The molecule has 5 heteroatoms. The maximum absolute atomic E-state index is 12.2. The highest BCUT2D eigenvalue weighted by Crippen LogP contribution is 2.29. The summed E-state index contributed by atoms with van der Waals surface area (Å²) in [4.78, 5) is 25.5. The number of likely N-dealkylation sites (N-methyl/N-ethyl adjacent to an activating group) is 1. The Morgan fingerprint density at radius 1 is 1.19 bits per heavy atom. The summed E-state index contributed by atoms with van der Waals surface area (Å²) in [5.41, 5.74) is 0. The van der Waals surface area contributed by atoms with Gasteiger partial charge in [-0.05, 0) is 31.7 Å². The quantitative estimate of drug-likeness (QED) is 0.728. The van der Waals surface area contributed by atoms with E-state index in [0.29, 0.717) is 25.0 Å². The molecule has 5 nitrogen and oxygen atoms in total. The van der Waals surface area contributed by atoms with Gasteiger partial charge in [-0.1, -0.05) is 33.6 Å². The van der Waals surface area contributed by atoms with Gasteiger partial charge in [-0.2, -0.15) is 0 Å². The van der Waals surface area contributed by atoms with E-state index in [4.69, 9.17) is 4.74 Å². The van der Waals surface area contributed by atoms with Gasteiger partial charge in [-0.3, -0.25) is 14.5 Å². The van der Waals surface area contributed by atoms with Gasteiger partial charge in [0, 0.05) is 6.04 Å². The lowest BCUT2D eigenvalue weighted by Gasteiger charge is -2.35. The fourth-order valence-electron chi connectivity index (χ4n) is 2.91. The van der Waals surface area contributed by atoms with Gasteiger partial charge in [0.1, 0.15) is 0 Å². The molecule has 21 heavy (non-hydrogen) atoms. The standard InChI is InChI=1S/C16H30N2O3/c1-5-18(11-16(20)21-6-2)10-15(19)17-14-9-7-8-12(3)13(14)4/h12-14H,5-11H2,1-4H3,(H,17,19). The lowest BCUT2D eigenvalue weighted by Crippen LogP contribution is -2.48.